The molecule has 0 N–H and O–H groups in total. The normalized spacial score (nSPS) is 20.6. The zero-order valence-corrected chi connectivity index (χ0v) is 9.28. The molecule has 2 heteroatoms. The van der Waals surface area contributed by atoms with Crippen LogP contribution in [-0.2, 0) is 0 Å². The summed E-state index contributed by atoms with van der Waals surface area (Å²) < 4.78 is 0. The van der Waals surface area contributed by atoms with E-state index in [-0.39, 0.29) is 5.91 Å². The van der Waals surface area contributed by atoms with Crippen LogP contribution in [0.25, 0.3) is 5.70 Å². The van der Waals surface area contributed by atoms with Gasteiger partial charge in [-0.15, -0.1) is 0 Å². The molecule has 0 atom stereocenters. The third-order valence-electron chi connectivity index (χ3n) is 3.67. The summed E-state index contributed by atoms with van der Waals surface area (Å²) in [6.45, 7) is 4.08. The van der Waals surface area contributed by atoms with E-state index in [1.54, 1.807) is 0 Å². The summed E-state index contributed by atoms with van der Waals surface area (Å²) in [5.74, 6) is 0.146. The second kappa shape index (κ2) is 3.48. The molecule has 1 heterocycles. The van der Waals surface area contributed by atoms with Crippen molar-refractivity contribution >= 4 is 11.6 Å². The van der Waals surface area contributed by atoms with Crippen LogP contribution in [0.2, 0.25) is 0 Å². The standard InChI is InChI=1S/C14H15NO/c1-10-12-8-4-5-9-13(12)14(16)15(10)11-6-2-3-7-11/h4-5,8-9,11H,1-3,6-7H2. The number of nitrogens with zero attached hydrogens (tertiary/aromatic N) is 1. The molecular formula is C14H15NO. The molecule has 1 saturated carbocycles. The Morgan fingerprint density at radius 2 is 1.75 bits per heavy atom. The highest BCUT2D eigenvalue weighted by atomic mass is 16.2. The number of rotatable bonds is 1. The maximum Gasteiger partial charge on any atom is 0.259 e. The minimum Gasteiger partial charge on any atom is -0.305 e. The van der Waals surface area contributed by atoms with E-state index < -0.39 is 0 Å². The Kier molecular flexibility index (Phi) is 2.10. The molecule has 2 nitrogen and oxygen atoms in total. The zero-order valence-electron chi connectivity index (χ0n) is 9.28. The quantitative estimate of drug-likeness (QED) is 0.702. The van der Waals surface area contributed by atoms with Gasteiger partial charge in [0.1, 0.15) is 0 Å². The van der Waals surface area contributed by atoms with Gasteiger partial charge >= 0.3 is 0 Å². The van der Waals surface area contributed by atoms with Crippen LogP contribution in [-0.4, -0.2) is 16.8 Å². The molecule has 16 heavy (non-hydrogen) atoms. The lowest BCUT2D eigenvalue weighted by Crippen LogP contribution is -2.32. The molecule has 2 aliphatic rings. The zero-order chi connectivity index (χ0) is 11.1. The Hall–Kier alpha value is -1.57. The summed E-state index contributed by atoms with van der Waals surface area (Å²) in [6.07, 6.45) is 4.72. The number of hydrogen-bond donors (Lipinski definition) is 0. The second-order valence-corrected chi connectivity index (χ2v) is 4.61. The van der Waals surface area contributed by atoms with Crippen LogP contribution in [0, 0.1) is 0 Å². The summed E-state index contributed by atoms with van der Waals surface area (Å²) >= 11 is 0. The molecule has 1 fully saturated rings. The first kappa shape index (κ1) is 9.64. The Balaban J connectivity index is 2.00. The number of amides is 1. The lowest BCUT2D eigenvalue weighted by molar-refractivity contribution is 0.0807. The van der Waals surface area contributed by atoms with E-state index in [1.807, 2.05) is 29.2 Å². The molecule has 0 aromatic heterocycles. The monoisotopic (exact) mass is 213 g/mol. The molecule has 0 saturated heterocycles. The van der Waals surface area contributed by atoms with Crippen LogP contribution in [0.5, 0.6) is 0 Å². The molecule has 0 radical (unpaired) electrons. The van der Waals surface area contributed by atoms with Crippen molar-refractivity contribution < 1.29 is 4.79 Å². The Morgan fingerprint density at radius 1 is 1.12 bits per heavy atom. The topological polar surface area (TPSA) is 20.3 Å². The van der Waals surface area contributed by atoms with E-state index in [4.69, 9.17) is 0 Å². The van der Waals surface area contributed by atoms with Crippen molar-refractivity contribution in [3.63, 3.8) is 0 Å². The summed E-state index contributed by atoms with van der Waals surface area (Å²) in [5, 5.41) is 0. The van der Waals surface area contributed by atoms with Crippen molar-refractivity contribution in [2.24, 2.45) is 0 Å². The van der Waals surface area contributed by atoms with Crippen LogP contribution in [0.3, 0.4) is 0 Å². The fourth-order valence-electron chi connectivity index (χ4n) is 2.85. The van der Waals surface area contributed by atoms with Gasteiger partial charge in [0.05, 0.1) is 0 Å². The van der Waals surface area contributed by atoms with Gasteiger partial charge < -0.3 is 4.90 Å². The summed E-state index contributed by atoms with van der Waals surface area (Å²) in [4.78, 5) is 14.2. The van der Waals surface area contributed by atoms with E-state index in [9.17, 15) is 4.79 Å². The number of hydrogen-bond acceptors (Lipinski definition) is 1. The molecule has 1 aromatic carbocycles. The molecule has 0 bridgehead atoms. The number of benzene rings is 1. The van der Waals surface area contributed by atoms with E-state index in [0.717, 1.165) is 29.7 Å². The molecule has 82 valence electrons. The predicted molar refractivity (Wildman–Crippen MR) is 63.9 cm³/mol. The number of carbonyl (C=O) groups excluding carboxylic acids is 1. The van der Waals surface area contributed by atoms with Gasteiger partial charge in [0.25, 0.3) is 5.91 Å². The van der Waals surface area contributed by atoms with E-state index >= 15 is 0 Å². The lowest BCUT2D eigenvalue weighted by Gasteiger charge is -2.24. The van der Waals surface area contributed by atoms with Gasteiger partial charge in [0.2, 0.25) is 0 Å². The maximum absolute atomic E-state index is 12.3. The van der Waals surface area contributed by atoms with E-state index in [0.29, 0.717) is 6.04 Å². The smallest absolute Gasteiger partial charge is 0.259 e. The molecule has 0 unspecified atom stereocenters. The maximum atomic E-state index is 12.3. The average molecular weight is 213 g/mol. The summed E-state index contributed by atoms with van der Waals surface area (Å²) in [6, 6.07) is 8.16. The van der Waals surface area contributed by atoms with Gasteiger partial charge in [-0.1, -0.05) is 37.6 Å². The second-order valence-electron chi connectivity index (χ2n) is 4.61. The largest absolute Gasteiger partial charge is 0.305 e. The Morgan fingerprint density at radius 3 is 2.38 bits per heavy atom. The fourth-order valence-corrected chi connectivity index (χ4v) is 2.85. The third-order valence-corrected chi connectivity index (χ3v) is 3.67. The van der Waals surface area contributed by atoms with Crippen LogP contribution in [0.4, 0.5) is 0 Å². The van der Waals surface area contributed by atoms with Gasteiger partial charge in [-0.05, 0) is 18.9 Å². The number of carbonyl (C=O) groups is 1. The minimum atomic E-state index is 0.146. The highest BCUT2D eigenvalue weighted by Gasteiger charge is 2.36. The first-order valence-electron chi connectivity index (χ1n) is 5.91. The first-order chi connectivity index (χ1) is 7.79. The van der Waals surface area contributed by atoms with Crippen molar-refractivity contribution in [1.82, 2.24) is 4.90 Å². The molecule has 1 aliphatic heterocycles. The third kappa shape index (κ3) is 1.22. The Labute approximate surface area is 95.6 Å². The molecular weight excluding hydrogens is 198 g/mol. The molecule has 1 aromatic rings. The van der Waals surface area contributed by atoms with Gasteiger partial charge in [-0.2, -0.15) is 0 Å². The highest BCUT2D eigenvalue weighted by Crippen LogP contribution is 2.37. The fraction of sp³-hybridized carbons (Fsp3) is 0.357. The van der Waals surface area contributed by atoms with Crippen LogP contribution in [0.1, 0.15) is 41.6 Å². The van der Waals surface area contributed by atoms with Crippen molar-refractivity contribution in [3.8, 4) is 0 Å². The van der Waals surface area contributed by atoms with Crippen molar-refractivity contribution in [3.05, 3.63) is 42.0 Å². The molecule has 1 amide bonds. The molecule has 3 rings (SSSR count). The van der Waals surface area contributed by atoms with Crippen molar-refractivity contribution in [2.75, 3.05) is 0 Å². The molecule has 1 aliphatic carbocycles. The van der Waals surface area contributed by atoms with Crippen LogP contribution in [0.15, 0.2) is 30.8 Å². The summed E-state index contributed by atoms with van der Waals surface area (Å²) in [7, 11) is 0. The lowest BCUT2D eigenvalue weighted by atomic mass is 10.1. The summed E-state index contributed by atoms with van der Waals surface area (Å²) in [5.41, 5.74) is 2.73. The van der Waals surface area contributed by atoms with Crippen molar-refractivity contribution in [2.45, 2.75) is 31.7 Å². The Bertz CT molecular complexity index is 423. The minimum absolute atomic E-state index is 0.146. The highest BCUT2D eigenvalue weighted by molar-refractivity contribution is 6.09. The molecule has 0 spiro atoms. The first-order valence-corrected chi connectivity index (χ1v) is 5.91. The average Bonchev–Trinajstić information content (AvgIpc) is 2.89. The SMILES string of the molecule is C=C1c2ccccc2C(=O)N1C1CCCC1. The van der Waals surface area contributed by atoms with E-state index in [2.05, 4.69) is 6.58 Å². The van der Waals surface area contributed by atoms with Gasteiger partial charge in [0.15, 0.2) is 0 Å². The van der Waals surface area contributed by atoms with Crippen LogP contribution >= 0.6 is 0 Å². The van der Waals surface area contributed by atoms with Gasteiger partial charge in [-0.25, -0.2) is 0 Å². The van der Waals surface area contributed by atoms with Gasteiger partial charge in [0, 0.05) is 22.9 Å². The van der Waals surface area contributed by atoms with Crippen molar-refractivity contribution in [1.29, 1.82) is 0 Å². The predicted octanol–water partition coefficient (Wildman–Crippen LogP) is 3.06. The number of fused-ring (bicyclic) bond motifs is 1. The van der Waals surface area contributed by atoms with Gasteiger partial charge in [-0.3, -0.25) is 4.79 Å². The van der Waals surface area contributed by atoms with Crippen LogP contribution < -0.4 is 0 Å². The van der Waals surface area contributed by atoms with E-state index in [1.165, 1.54) is 12.8 Å².